The Morgan fingerprint density at radius 3 is 2.52 bits per heavy atom. The Balaban J connectivity index is 1.88. The van der Waals surface area contributed by atoms with Gasteiger partial charge in [0.2, 0.25) is 11.8 Å². The summed E-state index contributed by atoms with van der Waals surface area (Å²) in [6, 6.07) is 0. The van der Waals surface area contributed by atoms with Gasteiger partial charge in [0.05, 0.1) is 29.8 Å². The number of imide groups is 1. The van der Waals surface area contributed by atoms with Gasteiger partial charge in [0.25, 0.3) is 0 Å². The van der Waals surface area contributed by atoms with Crippen molar-refractivity contribution in [3.63, 3.8) is 0 Å². The van der Waals surface area contributed by atoms with Crippen LogP contribution in [0, 0.1) is 29.6 Å². The predicted octanol–water partition coefficient (Wildman–Crippen LogP) is 0.788. The summed E-state index contributed by atoms with van der Waals surface area (Å²) in [5.41, 5.74) is 0.706. The number of fused-ring (bicyclic) bond motifs is 3. The molecule has 2 aliphatic carbocycles. The second kappa shape index (κ2) is 7.03. The highest BCUT2D eigenvalue weighted by Crippen LogP contribution is 2.49. The van der Waals surface area contributed by atoms with Gasteiger partial charge in [-0.2, -0.15) is 0 Å². The zero-order chi connectivity index (χ0) is 18.3. The molecule has 25 heavy (non-hydrogen) atoms. The Morgan fingerprint density at radius 1 is 1.20 bits per heavy atom. The summed E-state index contributed by atoms with van der Waals surface area (Å²) < 4.78 is 0. The summed E-state index contributed by atoms with van der Waals surface area (Å²) in [6.07, 6.45) is -0.470. The lowest BCUT2D eigenvalue weighted by atomic mass is 9.60. The smallest absolute Gasteiger partial charge is 0.233 e. The van der Waals surface area contributed by atoms with Crippen LogP contribution in [-0.2, 0) is 14.4 Å². The van der Waals surface area contributed by atoms with Crippen LogP contribution in [0.25, 0.3) is 0 Å². The van der Waals surface area contributed by atoms with Crippen LogP contribution in [0.5, 0.6) is 0 Å². The summed E-state index contributed by atoms with van der Waals surface area (Å²) >= 11 is 0. The largest absolute Gasteiger partial charge is 0.396 e. The van der Waals surface area contributed by atoms with Crippen LogP contribution in [-0.4, -0.2) is 58.0 Å². The minimum Gasteiger partial charge on any atom is -0.396 e. The highest BCUT2D eigenvalue weighted by molar-refractivity contribution is 6.06. The normalized spacial score (nSPS) is 39.8. The van der Waals surface area contributed by atoms with E-state index in [4.69, 9.17) is 4.84 Å². The summed E-state index contributed by atoms with van der Waals surface area (Å²) in [4.78, 5) is 31.9. The standard InChI is InChI=1S/C18H28N2O5/c1-4-20-17(23)11-6-5-10-12(19-25-8-9(2)3)7-13(21)16(22)14(10)15(11)18(20)24/h9-11,13-16,21-22H,4-8H2,1-3H3/b19-12+/t10-,11-,13-,14+,15-,16-/m1/s1. The van der Waals surface area contributed by atoms with E-state index in [0.29, 0.717) is 37.6 Å². The summed E-state index contributed by atoms with van der Waals surface area (Å²) in [5, 5.41) is 25.1. The third-order valence-electron chi connectivity index (χ3n) is 5.78. The minimum absolute atomic E-state index is 0.125. The van der Waals surface area contributed by atoms with Gasteiger partial charge < -0.3 is 15.1 Å². The molecular formula is C18H28N2O5. The van der Waals surface area contributed by atoms with Crippen molar-refractivity contribution < 1.29 is 24.6 Å². The minimum atomic E-state index is -1.02. The first-order chi connectivity index (χ1) is 11.9. The van der Waals surface area contributed by atoms with Gasteiger partial charge in [0, 0.05) is 24.8 Å². The van der Waals surface area contributed by atoms with Gasteiger partial charge in [-0.1, -0.05) is 19.0 Å². The average molecular weight is 352 g/mol. The molecule has 0 aromatic carbocycles. The first kappa shape index (κ1) is 18.3. The number of aliphatic hydroxyl groups excluding tert-OH is 2. The number of oxime groups is 1. The van der Waals surface area contributed by atoms with Gasteiger partial charge in [0.1, 0.15) is 6.61 Å². The summed E-state index contributed by atoms with van der Waals surface area (Å²) in [7, 11) is 0. The molecule has 2 amide bonds. The van der Waals surface area contributed by atoms with E-state index in [-0.39, 0.29) is 30.1 Å². The van der Waals surface area contributed by atoms with E-state index < -0.39 is 24.0 Å². The number of rotatable bonds is 4. The monoisotopic (exact) mass is 352 g/mol. The number of amides is 2. The predicted molar refractivity (Wildman–Crippen MR) is 90.4 cm³/mol. The molecule has 2 N–H and O–H groups in total. The summed E-state index contributed by atoms with van der Waals surface area (Å²) in [5.74, 6) is -1.57. The van der Waals surface area contributed by atoms with E-state index in [1.165, 1.54) is 4.90 Å². The molecule has 2 saturated carbocycles. The van der Waals surface area contributed by atoms with Crippen molar-refractivity contribution >= 4 is 17.5 Å². The highest BCUT2D eigenvalue weighted by Gasteiger charge is 2.59. The van der Waals surface area contributed by atoms with Crippen molar-refractivity contribution in [3.8, 4) is 0 Å². The highest BCUT2D eigenvalue weighted by atomic mass is 16.6. The molecule has 3 aliphatic rings. The van der Waals surface area contributed by atoms with Gasteiger partial charge in [-0.05, 0) is 25.7 Å². The molecule has 1 heterocycles. The van der Waals surface area contributed by atoms with Crippen molar-refractivity contribution in [1.29, 1.82) is 0 Å². The lowest BCUT2D eigenvalue weighted by Crippen LogP contribution is -2.54. The van der Waals surface area contributed by atoms with Crippen molar-refractivity contribution in [2.24, 2.45) is 34.7 Å². The van der Waals surface area contributed by atoms with Gasteiger partial charge in [-0.15, -0.1) is 0 Å². The van der Waals surface area contributed by atoms with Crippen LogP contribution in [0.4, 0.5) is 0 Å². The molecule has 0 spiro atoms. The van der Waals surface area contributed by atoms with Gasteiger partial charge in [0.15, 0.2) is 0 Å². The van der Waals surface area contributed by atoms with Crippen LogP contribution in [0.2, 0.25) is 0 Å². The molecule has 3 rings (SSSR count). The second-order valence-electron chi connectivity index (χ2n) is 7.85. The van der Waals surface area contributed by atoms with E-state index in [0.717, 1.165) is 0 Å². The topological polar surface area (TPSA) is 99.4 Å². The van der Waals surface area contributed by atoms with Gasteiger partial charge in [-0.3, -0.25) is 14.5 Å². The molecule has 140 valence electrons. The fourth-order valence-corrected chi connectivity index (χ4v) is 4.62. The first-order valence-corrected chi connectivity index (χ1v) is 9.26. The molecule has 3 fully saturated rings. The third-order valence-corrected chi connectivity index (χ3v) is 5.78. The first-order valence-electron chi connectivity index (χ1n) is 9.26. The number of carbonyl (C=O) groups is 2. The van der Waals surface area contributed by atoms with Crippen LogP contribution in [0.1, 0.15) is 40.0 Å². The number of aliphatic hydroxyl groups is 2. The molecule has 0 radical (unpaired) electrons. The number of likely N-dealkylation sites (tertiary alicyclic amines) is 1. The third kappa shape index (κ3) is 3.08. The average Bonchev–Trinajstić information content (AvgIpc) is 2.82. The maximum absolute atomic E-state index is 12.7. The van der Waals surface area contributed by atoms with E-state index in [9.17, 15) is 19.8 Å². The van der Waals surface area contributed by atoms with E-state index in [1.807, 2.05) is 13.8 Å². The van der Waals surface area contributed by atoms with Crippen molar-refractivity contribution in [1.82, 2.24) is 4.90 Å². The maximum Gasteiger partial charge on any atom is 0.233 e. The molecule has 7 nitrogen and oxygen atoms in total. The van der Waals surface area contributed by atoms with Crippen LogP contribution in [0.3, 0.4) is 0 Å². The van der Waals surface area contributed by atoms with Crippen LogP contribution < -0.4 is 0 Å². The number of carbonyl (C=O) groups excluding carboxylic acids is 2. The number of hydrogen-bond acceptors (Lipinski definition) is 6. The van der Waals surface area contributed by atoms with Gasteiger partial charge in [-0.25, -0.2) is 0 Å². The SMILES string of the molecule is CCN1C(=O)[C@H]2[C@H]3[C@H](O)[C@H](O)C/C(=N\OCC(C)C)[C@H]3CC[C@H]2C1=O. The molecule has 1 aliphatic heterocycles. The number of hydrogen-bond donors (Lipinski definition) is 2. The Labute approximate surface area is 148 Å². The Morgan fingerprint density at radius 2 is 1.88 bits per heavy atom. The zero-order valence-electron chi connectivity index (χ0n) is 15.1. The molecule has 0 unspecified atom stereocenters. The van der Waals surface area contributed by atoms with Crippen molar-refractivity contribution in [2.45, 2.75) is 52.2 Å². The van der Waals surface area contributed by atoms with Gasteiger partial charge >= 0.3 is 0 Å². The Kier molecular flexibility index (Phi) is 5.16. The maximum atomic E-state index is 12.7. The quantitative estimate of drug-likeness (QED) is 0.576. The molecule has 7 heteroatoms. The molecular weight excluding hydrogens is 324 g/mol. The van der Waals surface area contributed by atoms with Crippen LogP contribution >= 0.6 is 0 Å². The Hall–Kier alpha value is -1.47. The number of nitrogens with zero attached hydrogens (tertiary/aromatic N) is 2. The van der Waals surface area contributed by atoms with E-state index in [1.54, 1.807) is 6.92 Å². The Bertz CT molecular complexity index is 576. The van der Waals surface area contributed by atoms with Crippen molar-refractivity contribution in [2.75, 3.05) is 13.2 Å². The molecule has 0 bridgehead atoms. The zero-order valence-corrected chi connectivity index (χ0v) is 15.1. The molecule has 6 atom stereocenters. The fraction of sp³-hybridized carbons (Fsp3) is 0.833. The fourth-order valence-electron chi connectivity index (χ4n) is 4.62. The molecule has 1 saturated heterocycles. The van der Waals surface area contributed by atoms with Crippen LogP contribution in [0.15, 0.2) is 5.16 Å². The van der Waals surface area contributed by atoms with E-state index in [2.05, 4.69) is 5.16 Å². The summed E-state index contributed by atoms with van der Waals surface area (Å²) in [6.45, 7) is 6.65. The molecule has 0 aromatic rings. The lowest BCUT2D eigenvalue weighted by Gasteiger charge is -2.45. The van der Waals surface area contributed by atoms with E-state index >= 15 is 0 Å². The lowest BCUT2D eigenvalue weighted by molar-refractivity contribution is -0.141. The molecule has 0 aromatic heterocycles. The second-order valence-corrected chi connectivity index (χ2v) is 7.85. The van der Waals surface area contributed by atoms with Crippen molar-refractivity contribution in [3.05, 3.63) is 0 Å².